The maximum absolute atomic E-state index is 12.2. The Morgan fingerprint density at radius 3 is 2.31 bits per heavy atom. The Morgan fingerprint density at radius 2 is 1.55 bits per heavy atom. The summed E-state index contributed by atoms with van der Waals surface area (Å²) in [5, 5.41) is 1.94. The fraction of sp³-hybridized carbons (Fsp3) is 0.217. The van der Waals surface area contributed by atoms with Crippen molar-refractivity contribution in [3.8, 4) is 11.5 Å². The molecular weight excluding hydrogens is 368 g/mol. The first kappa shape index (κ1) is 20.2. The van der Waals surface area contributed by atoms with Crippen LogP contribution in [-0.4, -0.2) is 24.5 Å². The maximum Gasteiger partial charge on any atom is 0.279 e. The zero-order valence-corrected chi connectivity index (χ0v) is 16.7. The molecule has 0 radical (unpaired) electrons. The van der Waals surface area contributed by atoms with Gasteiger partial charge >= 0.3 is 0 Å². The number of hydrogen-bond acceptors (Lipinski definition) is 4. The van der Waals surface area contributed by atoms with Gasteiger partial charge in [-0.05, 0) is 43.4 Å². The van der Waals surface area contributed by atoms with Crippen molar-refractivity contribution in [3.63, 3.8) is 0 Å². The topological polar surface area (TPSA) is 76.7 Å². The molecule has 0 aliphatic heterocycles. The number of rotatable bonds is 6. The lowest BCUT2D eigenvalue weighted by molar-refractivity contribution is -0.133. The lowest BCUT2D eigenvalue weighted by Crippen LogP contribution is -2.48. The maximum atomic E-state index is 12.2. The van der Waals surface area contributed by atoms with Gasteiger partial charge in [0.25, 0.3) is 11.8 Å². The summed E-state index contributed by atoms with van der Waals surface area (Å²) < 4.78 is 11.4. The van der Waals surface area contributed by atoms with Crippen LogP contribution in [-0.2, 0) is 9.59 Å². The van der Waals surface area contributed by atoms with Crippen LogP contribution in [0, 0.1) is 13.8 Å². The molecule has 0 fully saturated rings. The van der Waals surface area contributed by atoms with Crippen LogP contribution >= 0.6 is 0 Å². The molecule has 2 N–H and O–H groups in total. The number of hydrazine groups is 1. The highest BCUT2D eigenvalue weighted by atomic mass is 16.5. The molecule has 6 nitrogen and oxygen atoms in total. The van der Waals surface area contributed by atoms with Gasteiger partial charge in [-0.2, -0.15) is 0 Å². The van der Waals surface area contributed by atoms with Gasteiger partial charge in [0, 0.05) is 5.39 Å². The normalized spacial score (nSPS) is 11.6. The van der Waals surface area contributed by atoms with Gasteiger partial charge < -0.3 is 9.47 Å². The van der Waals surface area contributed by atoms with Gasteiger partial charge in [0.15, 0.2) is 12.7 Å². The van der Waals surface area contributed by atoms with E-state index in [2.05, 4.69) is 10.9 Å². The summed E-state index contributed by atoms with van der Waals surface area (Å²) in [4.78, 5) is 24.3. The van der Waals surface area contributed by atoms with Crippen LogP contribution < -0.4 is 20.3 Å². The van der Waals surface area contributed by atoms with Crippen LogP contribution in [0.5, 0.6) is 11.5 Å². The van der Waals surface area contributed by atoms with E-state index in [1.165, 1.54) is 0 Å². The van der Waals surface area contributed by atoms with E-state index in [0.717, 1.165) is 21.9 Å². The average molecular weight is 392 g/mol. The van der Waals surface area contributed by atoms with Crippen molar-refractivity contribution in [1.82, 2.24) is 10.9 Å². The molecule has 1 atom stereocenters. The van der Waals surface area contributed by atoms with Gasteiger partial charge in [0.2, 0.25) is 0 Å². The molecule has 150 valence electrons. The molecule has 0 heterocycles. The zero-order chi connectivity index (χ0) is 20.8. The summed E-state index contributed by atoms with van der Waals surface area (Å²) in [7, 11) is 0. The fourth-order valence-corrected chi connectivity index (χ4v) is 2.95. The Balaban J connectivity index is 1.50. The summed E-state index contributed by atoms with van der Waals surface area (Å²) >= 11 is 0. The minimum atomic E-state index is -0.769. The predicted molar refractivity (Wildman–Crippen MR) is 112 cm³/mol. The smallest absolute Gasteiger partial charge is 0.279 e. The van der Waals surface area contributed by atoms with Gasteiger partial charge in [0.1, 0.15) is 11.5 Å². The molecule has 0 unspecified atom stereocenters. The molecule has 2 amide bonds. The van der Waals surface area contributed by atoms with Gasteiger partial charge in [-0.25, -0.2) is 0 Å². The Bertz CT molecular complexity index is 1010. The minimum Gasteiger partial charge on any atom is -0.483 e. The number of para-hydroxylation sites is 1. The van der Waals surface area contributed by atoms with E-state index in [1.807, 2.05) is 68.4 Å². The number of aryl methyl sites for hydroxylation is 2. The largest absolute Gasteiger partial charge is 0.483 e. The number of carbonyl (C=O) groups excluding carboxylic acids is 2. The highest BCUT2D eigenvalue weighted by molar-refractivity contribution is 5.89. The second-order valence-corrected chi connectivity index (χ2v) is 6.78. The number of amides is 2. The lowest BCUT2D eigenvalue weighted by Gasteiger charge is -2.18. The summed E-state index contributed by atoms with van der Waals surface area (Å²) in [6, 6.07) is 19.1. The van der Waals surface area contributed by atoms with Crippen molar-refractivity contribution in [2.24, 2.45) is 0 Å². The van der Waals surface area contributed by atoms with Crippen molar-refractivity contribution >= 4 is 22.6 Å². The molecule has 0 bridgehead atoms. The number of ether oxygens (including phenoxy) is 2. The van der Waals surface area contributed by atoms with E-state index in [4.69, 9.17) is 9.47 Å². The molecular formula is C23H24N2O4. The molecule has 0 saturated carbocycles. The molecule has 3 aromatic rings. The molecule has 0 spiro atoms. The van der Waals surface area contributed by atoms with Gasteiger partial charge in [-0.3, -0.25) is 20.4 Å². The Morgan fingerprint density at radius 1 is 0.897 bits per heavy atom. The monoisotopic (exact) mass is 392 g/mol. The van der Waals surface area contributed by atoms with Crippen LogP contribution in [0.3, 0.4) is 0 Å². The third kappa shape index (κ3) is 5.04. The summed E-state index contributed by atoms with van der Waals surface area (Å²) in [6.45, 7) is 5.24. The molecule has 3 rings (SSSR count). The van der Waals surface area contributed by atoms with E-state index in [-0.39, 0.29) is 6.61 Å². The number of carbonyl (C=O) groups is 2. The van der Waals surface area contributed by atoms with E-state index in [1.54, 1.807) is 13.0 Å². The van der Waals surface area contributed by atoms with Crippen LogP contribution in [0.4, 0.5) is 0 Å². The number of fused-ring (bicyclic) bond motifs is 1. The standard InChI is InChI=1S/C23H24N2O4/c1-15-8-6-9-16(2)22(15)29-17(3)23(27)25-24-21(26)14-28-20-13-7-11-18-10-4-5-12-19(18)20/h4-13,17H,14H2,1-3H3,(H,24,26)(H,25,27)/t17-/m1/s1. The van der Waals surface area contributed by atoms with Crippen molar-refractivity contribution in [1.29, 1.82) is 0 Å². The number of benzene rings is 3. The summed E-state index contributed by atoms with van der Waals surface area (Å²) in [6.07, 6.45) is -0.769. The number of nitrogens with one attached hydrogen (secondary N) is 2. The third-order valence-electron chi connectivity index (χ3n) is 4.51. The number of hydrogen-bond donors (Lipinski definition) is 2. The zero-order valence-electron chi connectivity index (χ0n) is 16.7. The molecule has 6 heteroatoms. The predicted octanol–water partition coefficient (Wildman–Crippen LogP) is 3.45. The SMILES string of the molecule is Cc1cccc(C)c1O[C@H](C)C(=O)NNC(=O)COc1cccc2ccccc12. The molecule has 3 aromatic carbocycles. The van der Waals surface area contributed by atoms with Gasteiger partial charge in [0.05, 0.1) is 0 Å². The Kier molecular flexibility index (Phi) is 6.34. The summed E-state index contributed by atoms with van der Waals surface area (Å²) in [5.74, 6) is 0.355. The van der Waals surface area contributed by atoms with Crippen molar-refractivity contribution < 1.29 is 19.1 Å². The van der Waals surface area contributed by atoms with E-state index in [9.17, 15) is 9.59 Å². The quantitative estimate of drug-likeness (QED) is 0.630. The lowest BCUT2D eigenvalue weighted by atomic mass is 10.1. The minimum absolute atomic E-state index is 0.222. The van der Waals surface area contributed by atoms with Crippen LogP contribution in [0.15, 0.2) is 60.7 Å². The average Bonchev–Trinajstić information content (AvgIpc) is 2.73. The van der Waals surface area contributed by atoms with Gasteiger partial charge in [-0.15, -0.1) is 0 Å². The Labute approximate surface area is 169 Å². The third-order valence-corrected chi connectivity index (χ3v) is 4.51. The first-order valence-electron chi connectivity index (χ1n) is 9.38. The van der Waals surface area contributed by atoms with Crippen LogP contribution in [0.1, 0.15) is 18.1 Å². The van der Waals surface area contributed by atoms with Crippen molar-refractivity contribution in [2.45, 2.75) is 26.9 Å². The first-order valence-corrected chi connectivity index (χ1v) is 9.38. The molecule has 29 heavy (non-hydrogen) atoms. The molecule has 0 aliphatic rings. The second kappa shape index (κ2) is 9.10. The highest BCUT2D eigenvalue weighted by Crippen LogP contribution is 2.25. The van der Waals surface area contributed by atoms with E-state index >= 15 is 0 Å². The van der Waals surface area contributed by atoms with Gasteiger partial charge in [-0.1, -0.05) is 54.6 Å². The summed E-state index contributed by atoms with van der Waals surface area (Å²) in [5.41, 5.74) is 6.61. The van der Waals surface area contributed by atoms with Crippen molar-refractivity contribution in [3.05, 3.63) is 71.8 Å². The second-order valence-electron chi connectivity index (χ2n) is 6.78. The molecule has 0 aliphatic carbocycles. The van der Waals surface area contributed by atoms with E-state index in [0.29, 0.717) is 11.5 Å². The Hall–Kier alpha value is -3.54. The molecule has 0 saturated heterocycles. The van der Waals surface area contributed by atoms with Crippen molar-refractivity contribution in [2.75, 3.05) is 6.61 Å². The molecule has 0 aromatic heterocycles. The van der Waals surface area contributed by atoms with E-state index < -0.39 is 17.9 Å². The van der Waals surface area contributed by atoms with Crippen LogP contribution in [0.2, 0.25) is 0 Å². The highest BCUT2D eigenvalue weighted by Gasteiger charge is 2.17. The first-order chi connectivity index (χ1) is 14.0. The fourth-order valence-electron chi connectivity index (χ4n) is 2.95. The van der Waals surface area contributed by atoms with Crippen LogP contribution in [0.25, 0.3) is 10.8 Å².